The molecular weight excluding hydrogens is 248 g/mol. The Labute approximate surface area is 103 Å². The van der Waals surface area contributed by atoms with Gasteiger partial charge in [-0.25, -0.2) is 8.42 Å². The summed E-state index contributed by atoms with van der Waals surface area (Å²) in [7, 11) is -2.83. The molecule has 0 aromatic heterocycles. The predicted octanol–water partition coefficient (Wildman–Crippen LogP) is 1.55. The molecule has 0 bridgehead atoms. The molecule has 0 unspecified atom stereocenters. The van der Waals surface area contributed by atoms with Crippen molar-refractivity contribution < 1.29 is 17.9 Å². The molecule has 0 saturated heterocycles. The summed E-state index contributed by atoms with van der Waals surface area (Å²) >= 11 is 1.62. The summed E-state index contributed by atoms with van der Waals surface area (Å²) in [4.78, 5) is 0. The van der Waals surface area contributed by atoms with Gasteiger partial charge in [0.05, 0.1) is 5.75 Å². The molecule has 0 atom stereocenters. The van der Waals surface area contributed by atoms with Crippen molar-refractivity contribution in [2.75, 3.05) is 36.7 Å². The fourth-order valence-electron chi connectivity index (χ4n) is 1.08. The normalized spacial score (nSPS) is 12.2. The molecule has 0 aliphatic carbocycles. The van der Waals surface area contributed by atoms with Gasteiger partial charge in [-0.05, 0) is 19.6 Å². The molecule has 0 spiro atoms. The minimum Gasteiger partial charge on any atom is -0.353 e. The Morgan fingerprint density at radius 2 is 1.69 bits per heavy atom. The maximum Gasteiger partial charge on any atom is 0.158 e. The zero-order chi connectivity index (χ0) is 12.4. The van der Waals surface area contributed by atoms with Crippen LogP contribution in [-0.2, 0) is 19.3 Å². The fraction of sp³-hybridized carbons (Fsp3) is 1.00. The Bertz CT molecular complexity index is 246. The second-order valence-corrected chi connectivity index (χ2v) is 6.86. The van der Waals surface area contributed by atoms with Crippen LogP contribution in [0.1, 0.15) is 20.3 Å². The molecule has 0 N–H and O–H groups in total. The van der Waals surface area contributed by atoms with Crippen molar-refractivity contribution in [1.29, 1.82) is 0 Å². The molecule has 0 aliphatic rings. The number of rotatable bonds is 10. The van der Waals surface area contributed by atoms with E-state index in [0.717, 1.165) is 12.2 Å². The SMILES string of the molecule is CCOC(CCSCCS(C)(=O)=O)OCC. The van der Waals surface area contributed by atoms with Gasteiger partial charge in [-0.15, -0.1) is 0 Å². The number of hydrogen-bond acceptors (Lipinski definition) is 5. The number of ether oxygens (including phenoxy) is 2. The van der Waals surface area contributed by atoms with E-state index in [2.05, 4.69) is 0 Å². The van der Waals surface area contributed by atoms with Crippen LogP contribution < -0.4 is 0 Å². The molecule has 0 aliphatic heterocycles. The van der Waals surface area contributed by atoms with Crippen LogP contribution in [0.15, 0.2) is 0 Å². The van der Waals surface area contributed by atoms with Gasteiger partial charge in [0.15, 0.2) is 6.29 Å². The molecule has 0 fully saturated rings. The largest absolute Gasteiger partial charge is 0.353 e. The van der Waals surface area contributed by atoms with Crippen LogP contribution in [0.5, 0.6) is 0 Å². The summed E-state index contributed by atoms with van der Waals surface area (Å²) in [6.07, 6.45) is 1.91. The van der Waals surface area contributed by atoms with Gasteiger partial charge in [0.1, 0.15) is 9.84 Å². The Hall–Kier alpha value is 0.220. The molecule has 0 aromatic carbocycles. The highest BCUT2D eigenvalue weighted by molar-refractivity contribution is 8.00. The van der Waals surface area contributed by atoms with Crippen molar-refractivity contribution in [2.24, 2.45) is 0 Å². The molecule has 0 radical (unpaired) electrons. The first kappa shape index (κ1) is 16.2. The molecule has 0 aromatic rings. The standard InChI is InChI=1S/C10H22O4S2/c1-4-13-10(14-5-2)6-7-15-8-9-16(3,11)12/h10H,4-9H2,1-3H3. The van der Waals surface area contributed by atoms with Crippen LogP contribution in [0.4, 0.5) is 0 Å². The minimum atomic E-state index is -2.83. The van der Waals surface area contributed by atoms with Crippen LogP contribution in [0.25, 0.3) is 0 Å². The average molecular weight is 270 g/mol. The van der Waals surface area contributed by atoms with E-state index in [9.17, 15) is 8.42 Å². The van der Waals surface area contributed by atoms with Crippen LogP contribution in [0.2, 0.25) is 0 Å². The van der Waals surface area contributed by atoms with E-state index in [-0.39, 0.29) is 12.0 Å². The summed E-state index contributed by atoms with van der Waals surface area (Å²) in [6.45, 7) is 5.14. The van der Waals surface area contributed by atoms with Crippen LogP contribution >= 0.6 is 11.8 Å². The molecule has 0 rings (SSSR count). The van der Waals surface area contributed by atoms with Gasteiger partial charge in [0.25, 0.3) is 0 Å². The van der Waals surface area contributed by atoms with Gasteiger partial charge in [-0.2, -0.15) is 11.8 Å². The zero-order valence-corrected chi connectivity index (χ0v) is 11.9. The van der Waals surface area contributed by atoms with E-state index in [4.69, 9.17) is 9.47 Å². The number of thioether (sulfide) groups is 1. The molecule has 16 heavy (non-hydrogen) atoms. The maximum atomic E-state index is 10.9. The topological polar surface area (TPSA) is 52.6 Å². The molecule has 4 nitrogen and oxygen atoms in total. The van der Waals surface area contributed by atoms with Crippen molar-refractivity contribution in [3.05, 3.63) is 0 Å². The first-order valence-electron chi connectivity index (χ1n) is 5.48. The molecular formula is C10H22O4S2. The van der Waals surface area contributed by atoms with E-state index in [1.165, 1.54) is 6.26 Å². The highest BCUT2D eigenvalue weighted by Gasteiger charge is 2.08. The van der Waals surface area contributed by atoms with E-state index in [0.29, 0.717) is 19.0 Å². The van der Waals surface area contributed by atoms with Crippen molar-refractivity contribution in [1.82, 2.24) is 0 Å². The smallest absolute Gasteiger partial charge is 0.158 e. The van der Waals surface area contributed by atoms with Crippen molar-refractivity contribution >= 4 is 21.6 Å². The minimum absolute atomic E-state index is 0.152. The van der Waals surface area contributed by atoms with Gasteiger partial charge in [-0.1, -0.05) is 0 Å². The van der Waals surface area contributed by atoms with E-state index in [1.54, 1.807) is 11.8 Å². The third-order valence-corrected chi connectivity index (χ3v) is 4.02. The van der Waals surface area contributed by atoms with E-state index in [1.807, 2.05) is 13.8 Å². The lowest BCUT2D eigenvalue weighted by Gasteiger charge is -2.16. The third kappa shape index (κ3) is 10.7. The summed E-state index contributed by atoms with van der Waals surface area (Å²) in [6, 6.07) is 0. The van der Waals surface area contributed by atoms with Crippen LogP contribution in [0.3, 0.4) is 0 Å². The van der Waals surface area contributed by atoms with Crippen LogP contribution in [0, 0.1) is 0 Å². The average Bonchev–Trinajstić information content (AvgIpc) is 2.16. The predicted molar refractivity (Wildman–Crippen MR) is 68.7 cm³/mol. The highest BCUT2D eigenvalue weighted by Crippen LogP contribution is 2.09. The summed E-state index contributed by atoms with van der Waals surface area (Å²) in [5.41, 5.74) is 0. The fourth-order valence-corrected chi connectivity index (χ4v) is 3.32. The first-order valence-corrected chi connectivity index (χ1v) is 8.69. The van der Waals surface area contributed by atoms with Gasteiger partial charge < -0.3 is 9.47 Å². The Morgan fingerprint density at radius 3 is 2.12 bits per heavy atom. The lowest BCUT2D eigenvalue weighted by molar-refractivity contribution is -0.136. The molecule has 0 amide bonds. The zero-order valence-electron chi connectivity index (χ0n) is 10.3. The lowest BCUT2D eigenvalue weighted by Crippen LogP contribution is -2.18. The second kappa shape index (κ2) is 9.27. The summed E-state index contributed by atoms with van der Waals surface area (Å²) in [5.74, 6) is 1.75. The Morgan fingerprint density at radius 1 is 1.12 bits per heavy atom. The highest BCUT2D eigenvalue weighted by atomic mass is 32.2. The van der Waals surface area contributed by atoms with Gasteiger partial charge >= 0.3 is 0 Å². The van der Waals surface area contributed by atoms with E-state index < -0.39 is 9.84 Å². The molecule has 0 heterocycles. The van der Waals surface area contributed by atoms with Gasteiger partial charge in [0, 0.05) is 31.6 Å². The van der Waals surface area contributed by atoms with Crippen molar-refractivity contribution in [3.63, 3.8) is 0 Å². The van der Waals surface area contributed by atoms with Gasteiger partial charge in [0.2, 0.25) is 0 Å². The third-order valence-electron chi connectivity index (χ3n) is 1.80. The lowest BCUT2D eigenvalue weighted by atomic mass is 10.5. The summed E-state index contributed by atoms with van der Waals surface area (Å²) in [5, 5.41) is 0. The molecule has 6 heteroatoms. The Balaban J connectivity index is 3.54. The Kier molecular flexibility index (Phi) is 9.40. The quantitative estimate of drug-likeness (QED) is 0.445. The monoisotopic (exact) mass is 270 g/mol. The first-order chi connectivity index (χ1) is 7.49. The summed E-state index contributed by atoms with van der Waals surface area (Å²) < 4.78 is 32.5. The maximum absolute atomic E-state index is 10.9. The van der Waals surface area contributed by atoms with Crippen molar-refractivity contribution in [2.45, 2.75) is 26.6 Å². The molecule has 98 valence electrons. The van der Waals surface area contributed by atoms with Crippen LogP contribution in [-0.4, -0.2) is 51.4 Å². The van der Waals surface area contributed by atoms with E-state index >= 15 is 0 Å². The number of sulfone groups is 1. The molecule has 0 saturated carbocycles. The second-order valence-electron chi connectivity index (χ2n) is 3.37. The van der Waals surface area contributed by atoms with Gasteiger partial charge in [-0.3, -0.25) is 0 Å². The van der Waals surface area contributed by atoms with Crippen molar-refractivity contribution in [3.8, 4) is 0 Å². The number of hydrogen-bond donors (Lipinski definition) is 0.